The lowest BCUT2D eigenvalue weighted by molar-refractivity contribution is 0.269. The van der Waals surface area contributed by atoms with Crippen LogP contribution in [0.5, 0.6) is 11.5 Å². The van der Waals surface area contributed by atoms with Crippen LogP contribution in [0.15, 0.2) is 65.7 Å². The fourth-order valence-corrected chi connectivity index (χ4v) is 2.96. The smallest absolute Gasteiger partial charge is 0.180 e. The van der Waals surface area contributed by atoms with Crippen LogP contribution < -0.4 is 9.47 Å². The van der Waals surface area contributed by atoms with Crippen LogP contribution in [0, 0.1) is 13.8 Å². The number of hydrogen-bond acceptors (Lipinski definition) is 3. The van der Waals surface area contributed by atoms with Crippen molar-refractivity contribution in [3.8, 4) is 11.5 Å². The summed E-state index contributed by atoms with van der Waals surface area (Å²) in [5.74, 6) is 1.17. The Balaban J connectivity index is 1.80. The molecule has 0 atom stereocenters. The first-order valence-corrected chi connectivity index (χ1v) is 9.68. The number of aryl methyl sites for hydroxylation is 2. The number of aliphatic imine (C=N–C) groups is 1. The molecule has 0 amide bonds. The molecule has 0 unspecified atom stereocenters. The maximum atomic E-state index is 6.50. The van der Waals surface area contributed by atoms with Crippen molar-refractivity contribution in [2.75, 3.05) is 6.61 Å². The van der Waals surface area contributed by atoms with E-state index in [0.29, 0.717) is 29.7 Å². The molecule has 3 aromatic rings. The van der Waals surface area contributed by atoms with Crippen molar-refractivity contribution in [1.82, 2.24) is 0 Å². The normalized spacial score (nSPS) is 11.0. The summed E-state index contributed by atoms with van der Waals surface area (Å²) in [5, 5.41) is 0.503. The number of ether oxygens (including phenoxy) is 2. The van der Waals surface area contributed by atoms with E-state index in [-0.39, 0.29) is 0 Å². The highest BCUT2D eigenvalue weighted by Gasteiger charge is 2.12. The zero-order valence-electron chi connectivity index (χ0n) is 16.4. The first kappa shape index (κ1) is 20.0. The van der Waals surface area contributed by atoms with E-state index < -0.39 is 0 Å². The third-order valence-electron chi connectivity index (χ3n) is 4.23. The highest BCUT2D eigenvalue weighted by molar-refractivity contribution is 6.32. The van der Waals surface area contributed by atoms with E-state index in [1.165, 1.54) is 11.1 Å². The summed E-state index contributed by atoms with van der Waals surface area (Å²) in [7, 11) is 0. The van der Waals surface area contributed by atoms with Gasteiger partial charge in [-0.1, -0.05) is 59.1 Å². The maximum absolute atomic E-state index is 6.50. The Labute approximate surface area is 171 Å². The van der Waals surface area contributed by atoms with Crippen molar-refractivity contribution in [2.24, 2.45) is 4.99 Å². The van der Waals surface area contributed by atoms with E-state index in [4.69, 9.17) is 21.1 Å². The van der Waals surface area contributed by atoms with Gasteiger partial charge < -0.3 is 9.47 Å². The van der Waals surface area contributed by atoms with Crippen LogP contribution in [-0.4, -0.2) is 12.8 Å². The van der Waals surface area contributed by atoms with Gasteiger partial charge in [-0.3, -0.25) is 4.99 Å². The third kappa shape index (κ3) is 5.37. The first-order chi connectivity index (χ1) is 13.5. The molecule has 0 spiro atoms. The molecule has 0 heterocycles. The van der Waals surface area contributed by atoms with Gasteiger partial charge in [0.2, 0.25) is 0 Å². The summed E-state index contributed by atoms with van der Waals surface area (Å²) in [6.07, 6.45) is 1.78. The fourth-order valence-electron chi connectivity index (χ4n) is 2.69. The second-order valence-electron chi connectivity index (χ2n) is 6.63. The third-order valence-corrected chi connectivity index (χ3v) is 4.51. The predicted octanol–water partition coefficient (Wildman–Crippen LogP) is 6.69. The molecule has 0 N–H and O–H groups in total. The maximum Gasteiger partial charge on any atom is 0.180 e. The molecule has 0 aromatic heterocycles. The van der Waals surface area contributed by atoms with Crippen LogP contribution in [0.4, 0.5) is 5.69 Å². The molecule has 0 aliphatic rings. The van der Waals surface area contributed by atoms with E-state index in [1.807, 2.05) is 55.5 Å². The molecule has 3 aromatic carbocycles. The second-order valence-corrected chi connectivity index (χ2v) is 7.04. The highest BCUT2D eigenvalue weighted by atomic mass is 35.5. The second kappa shape index (κ2) is 9.43. The predicted molar refractivity (Wildman–Crippen MR) is 117 cm³/mol. The van der Waals surface area contributed by atoms with E-state index in [1.54, 1.807) is 6.21 Å². The summed E-state index contributed by atoms with van der Waals surface area (Å²) in [6, 6.07) is 20.0. The largest absolute Gasteiger partial charge is 0.490 e. The number of rotatable bonds is 7. The van der Waals surface area contributed by atoms with Crippen LogP contribution in [0.25, 0.3) is 0 Å². The Morgan fingerprint density at radius 1 is 0.893 bits per heavy atom. The van der Waals surface area contributed by atoms with Gasteiger partial charge in [0.1, 0.15) is 6.61 Å². The Morgan fingerprint density at radius 2 is 1.54 bits per heavy atom. The van der Waals surface area contributed by atoms with Gasteiger partial charge in [-0.15, -0.1) is 0 Å². The van der Waals surface area contributed by atoms with Crippen LogP contribution in [0.1, 0.15) is 29.2 Å². The van der Waals surface area contributed by atoms with Crippen molar-refractivity contribution in [1.29, 1.82) is 0 Å². The minimum atomic E-state index is 0.427. The van der Waals surface area contributed by atoms with Gasteiger partial charge >= 0.3 is 0 Å². The van der Waals surface area contributed by atoms with Gasteiger partial charge in [0, 0.05) is 6.21 Å². The van der Waals surface area contributed by atoms with Gasteiger partial charge in [-0.2, -0.15) is 0 Å². The number of halogens is 1. The summed E-state index contributed by atoms with van der Waals surface area (Å²) in [5.41, 5.74) is 5.25. The first-order valence-electron chi connectivity index (χ1n) is 9.30. The highest BCUT2D eigenvalue weighted by Crippen LogP contribution is 2.37. The lowest BCUT2D eigenvalue weighted by atomic mass is 10.1. The molecule has 144 valence electrons. The lowest BCUT2D eigenvalue weighted by Gasteiger charge is -2.14. The molecule has 28 heavy (non-hydrogen) atoms. The zero-order chi connectivity index (χ0) is 19.9. The molecular formula is C24H24ClNO2. The lowest BCUT2D eigenvalue weighted by Crippen LogP contribution is -2.01. The van der Waals surface area contributed by atoms with E-state index >= 15 is 0 Å². The summed E-state index contributed by atoms with van der Waals surface area (Å²) >= 11 is 6.50. The summed E-state index contributed by atoms with van der Waals surface area (Å²) < 4.78 is 11.7. The number of hydrogen-bond donors (Lipinski definition) is 0. The van der Waals surface area contributed by atoms with Crippen LogP contribution >= 0.6 is 11.6 Å². The molecule has 0 bridgehead atoms. The molecule has 0 saturated heterocycles. The SMILES string of the molecule is CCOc1cc(C=Nc2ccc(C)cc2)cc(Cl)c1OCc1ccc(C)cc1. The summed E-state index contributed by atoms with van der Waals surface area (Å²) in [6.45, 7) is 7.00. The molecular weight excluding hydrogens is 370 g/mol. The van der Waals surface area contributed by atoms with Crippen molar-refractivity contribution in [3.63, 3.8) is 0 Å². The minimum Gasteiger partial charge on any atom is -0.490 e. The van der Waals surface area contributed by atoms with E-state index in [2.05, 4.69) is 31.0 Å². The Kier molecular flexibility index (Phi) is 6.72. The van der Waals surface area contributed by atoms with Crippen molar-refractivity contribution < 1.29 is 9.47 Å². The molecule has 0 aliphatic heterocycles. The van der Waals surface area contributed by atoms with Crippen molar-refractivity contribution >= 4 is 23.5 Å². The Hall–Kier alpha value is -2.78. The molecule has 0 radical (unpaired) electrons. The van der Waals surface area contributed by atoms with Gasteiger partial charge in [-0.05, 0) is 56.2 Å². The van der Waals surface area contributed by atoms with Gasteiger partial charge in [0.25, 0.3) is 0 Å². The van der Waals surface area contributed by atoms with Crippen molar-refractivity contribution in [2.45, 2.75) is 27.4 Å². The van der Waals surface area contributed by atoms with Gasteiger partial charge in [0.15, 0.2) is 11.5 Å². The fraction of sp³-hybridized carbons (Fsp3) is 0.208. The van der Waals surface area contributed by atoms with E-state index in [0.717, 1.165) is 16.8 Å². The number of benzene rings is 3. The van der Waals surface area contributed by atoms with Gasteiger partial charge in [-0.25, -0.2) is 0 Å². The zero-order valence-corrected chi connectivity index (χ0v) is 17.2. The average Bonchev–Trinajstić information content (AvgIpc) is 2.68. The van der Waals surface area contributed by atoms with Crippen molar-refractivity contribution in [3.05, 3.63) is 87.9 Å². The molecule has 3 nitrogen and oxygen atoms in total. The molecule has 0 aliphatic carbocycles. The molecule has 0 fully saturated rings. The average molecular weight is 394 g/mol. The van der Waals surface area contributed by atoms with Crippen LogP contribution in [0.3, 0.4) is 0 Å². The van der Waals surface area contributed by atoms with Gasteiger partial charge in [0.05, 0.1) is 17.3 Å². The Bertz CT molecular complexity index is 948. The standard InChI is InChI=1S/C24H24ClNO2/c1-4-27-23-14-20(15-26-21-11-7-18(3)8-12-21)13-22(25)24(23)28-16-19-9-5-17(2)6-10-19/h5-15H,4,16H2,1-3H3. The molecule has 0 saturated carbocycles. The minimum absolute atomic E-state index is 0.427. The monoisotopic (exact) mass is 393 g/mol. The Morgan fingerprint density at radius 3 is 2.18 bits per heavy atom. The molecule has 4 heteroatoms. The summed E-state index contributed by atoms with van der Waals surface area (Å²) in [4.78, 5) is 4.51. The molecule has 3 rings (SSSR count). The van der Waals surface area contributed by atoms with E-state index in [9.17, 15) is 0 Å². The topological polar surface area (TPSA) is 30.8 Å². The number of nitrogens with zero attached hydrogens (tertiary/aromatic N) is 1. The quantitative estimate of drug-likeness (QED) is 0.419. The van der Waals surface area contributed by atoms with Crippen LogP contribution in [0.2, 0.25) is 5.02 Å². The van der Waals surface area contributed by atoms with Crippen LogP contribution in [-0.2, 0) is 6.61 Å².